The molecule has 1 saturated heterocycles. The molecule has 2 fully saturated rings. The van der Waals surface area contributed by atoms with E-state index in [4.69, 9.17) is 4.74 Å². The minimum absolute atomic E-state index is 0.0110. The number of carbonyl (C=O) groups excluding carboxylic acids is 1. The summed E-state index contributed by atoms with van der Waals surface area (Å²) in [6.45, 7) is 5.53. The predicted octanol–water partition coefficient (Wildman–Crippen LogP) is 4.31. The average molecular weight is 432 g/mol. The van der Waals surface area contributed by atoms with Gasteiger partial charge in [0.15, 0.2) is 0 Å². The van der Waals surface area contributed by atoms with Gasteiger partial charge in [-0.05, 0) is 42.5 Å². The molecule has 3 atom stereocenters. The SMILES string of the molecule is Cc1cccc(C(CNC(=O)C2CC2c2ccc(C(F)(F)F)cc2)N2CCOCC2)c1. The molecule has 2 aliphatic rings. The second-order valence-corrected chi connectivity index (χ2v) is 8.39. The number of amides is 1. The van der Waals surface area contributed by atoms with Crippen LogP contribution in [0.15, 0.2) is 48.5 Å². The molecule has 4 rings (SSSR count). The number of hydrogen-bond donors (Lipinski definition) is 1. The highest BCUT2D eigenvalue weighted by molar-refractivity contribution is 5.83. The Labute approximate surface area is 180 Å². The van der Waals surface area contributed by atoms with Gasteiger partial charge < -0.3 is 10.1 Å². The lowest BCUT2D eigenvalue weighted by atomic mass is 10.0. The number of carbonyl (C=O) groups is 1. The van der Waals surface area contributed by atoms with Gasteiger partial charge in [-0.3, -0.25) is 9.69 Å². The fraction of sp³-hybridized carbons (Fsp3) is 0.458. The summed E-state index contributed by atoms with van der Waals surface area (Å²) in [4.78, 5) is 15.1. The van der Waals surface area contributed by atoms with Crippen molar-refractivity contribution in [3.05, 3.63) is 70.8 Å². The molecule has 1 aliphatic carbocycles. The lowest BCUT2D eigenvalue weighted by molar-refractivity contribution is -0.137. The number of rotatable bonds is 6. The van der Waals surface area contributed by atoms with Gasteiger partial charge in [0.05, 0.1) is 24.8 Å². The second-order valence-electron chi connectivity index (χ2n) is 8.39. The molecule has 166 valence electrons. The maximum Gasteiger partial charge on any atom is 0.416 e. The lowest BCUT2D eigenvalue weighted by Crippen LogP contribution is -2.44. The molecular formula is C24H27F3N2O2. The second kappa shape index (κ2) is 9.01. The molecule has 1 saturated carbocycles. The Balaban J connectivity index is 1.38. The molecule has 0 aromatic heterocycles. The zero-order chi connectivity index (χ0) is 22.0. The van der Waals surface area contributed by atoms with Crippen molar-refractivity contribution in [2.24, 2.45) is 5.92 Å². The van der Waals surface area contributed by atoms with E-state index in [1.54, 1.807) is 0 Å². The molecule has 1 heterocycles. The minimum atomic E-state index is -4.34. The van der Waals surface area contributed by atoms with E-state index in [0.717, 1.165) is 36.3 Å². The summed E-state index contributed by atoms with van der Waals surface area (Å²) in [5.74, 6) is -0.224. The summed E-state index contributed by atoms with van der Waals surface area (Å²) < 4.78 is 43.8. The van der Waals surface area contributed by atoms with Crippen LogP contribution in [-0.2, 0) is 15.7 Å². The van der Waals surface area contributed by atoms with Gasteiger partial charge in [-0.25, -0.2) is 0 Å². The van der Waals surface area contributed by atoms with Crippen LogP contribution in [0.4, 0.5) is 13.2 Å². The third-order valence-corrected chi connectivity index (χ3v) is 6.18. The number of hydrogen-bond acceptors (Lipinski definition) is 3. The molecule has 3 unspecified atom stereocenters. The Morgan fingerprint density at radius 2 is 1.87 bits per heavy atom. The minimum Gasteiger partial charge on any atom is -0.379 e. The molecule has 1 aliphatic heterocycles. The van der Waals surface area contributed by atoms with Crippen LogP contribution >= 0.6 is 0 Å². The molecular weight excluding hydrogens is 405 g/mol. The molecule has 0 bridgehead atoms. The lowest BCUT2D eigenvalue weighted by Gasteiger charge is -2.35. The third-order valence-electron chi connectivity index (χ3n) is 6.18. The first kappa shape index (κ1) is 21.8. The first-order valence-electron chi connectivity index (χ1n) is 10.7. The van der Waals surface area contributed by atoms with Crippen molar-refractivity contribution in [3.8, 4) is 0 Å². The topological polar surface area (TPSA) is 41.6 Å². The van der Waals surface area contributed by atoms with Crippen LogP contribution in [0.2, 0.25) is 0 Å². The van der Waals surface area contributed by atoms with Crippen molar-refractivity contribution in [2.75, 3.05) is 32.8 Å². The summed E-state index contributed by atoms with van der Waals surface area (Å²) >= 11 is 0. The first-order valence-corrected chi connectivity index (χ1v) is 10.7. The van der Waals surface area contributed by atoms with Gasteiger partial charge in [0, 0.05) is 25.6 Å². The van der Waals surface area contributed by atoms with E-state index >= 15 is 0 Å². The Hall–Kier alpha value is -2.38. The molecule has 2 aromatic rings. The summed E-state index contributed by atoms with van der Waals surface area (Å²) in [6, 6.07) is 13.5. The summed E-state index contributed by atoms with van der Waals surface area (Å²) in [7, 11) is 0. The van der Waals surface area contributed by atoms with Crippen LogP contribution in [0.3, 0.4) is 0 Å². The van der Waals surface area contributed by atoms with Gasteiger partial charge in [-0.2, -0.15) is 13.2 Å². The number of nitrogens with zero attached hydrogens (tertiary/aromatic N) is 1. The van der Waals surface area contributed by atoms with Crippen molar-refractivity contribution in [1.29, 1.82) is 0 Å². The standard InChI is InChI=1S/C24H27F3N2O2/c1-16-3-2-4-18(13-16)22(29-9-11-31-12-10-29)15-28-23(30)21-14-20(21)17-5-7-19(8-6-17)24(25,26)27/h2-8,13,20-22H,9-12,14-15H2,1H3,(H,28,30). The largest absolute Gasteiger partial charge is 0.416 e. The van der Waals surface area contributed by atoms with Gasteiger partial charge in [-0.15, -0.1) is 0 Å². The van der Waals surface area contributed by atoms with Crippen molar-refractivity contribution < 1.29 is 22.7 Å². The fourth-order valence-corrected chi connectivity index (χ4v) is 4.33. The van der Waals surface area contributed by atoms with E-state index in [-0.39, 0.29) is 23.8 Å². The summed E-state index contributed by atoms with van der Waals surface area (Å²) in [5.41, 5.74) is 2.46. The number of benzene rings is 2. The highest BCUT2D eigenvalue weighted by atomic mass is 19.4. The summed E-state index contributed by atoms with van der Waals surface area (Å²) in [5, 5.41) is 3.09. The molecule has 1 amide bonds. The normalized spacial score (nSPS) is 22.7. The molecule has 0 radical (unpaired) electrons. The average Bonchev–Trinajstić information content (AvgIpc) is 3.55. The molecule has 7 heteroatoms. The highest BCUT2D eigenvalue weighted by Gasteiger charge is 2.44. The van der Waals surface area contributed by atoms with E-state index in [1.807, 2.05) is 6.07 Å². The molecule has 0 spiro atoms. The summed E-state index contributed by atoms with van der Waals surface area (Å²) in [6.07, 6.45) is -3.67. The van der Waals surface area contributed by atoms with Crippen LogP contribution in [0.25, 0.3) is 0 Å². The van der Waals surface area contributed by atoms with Crippen LogP contribution in [0.5, 0.6) is 0 Å². The van der Waals surface area contributed by atoms with E-state index < -0.39 is 11.7 Å². The first-order chi connectivity index (χ1) is 14.8. The number of aryl methyl sites for hydroxylation is 1. The van der Waals surface area contributed by atoms with Gasteiger partial charge in [0.2, 0.25) is 5.91 Å². The van der Waals surface area contributed by atoms with Crippen molar-refractivity contribution >= 4 is 5.91 Å². The van der Waals surface area contributed by atoms with Gasteiger partial charge in [0.1, 0.15) is 0 Å². The Morgan fingerprint density at radius 3 is 2.52 bits per heavy atom. The Bertz CT molecular complexity index is 908. The molecule has 31 heavy (non-hydrogen) atoms. The van der Waals surface area contributed by atoms with Gasteiger partial charge in [-0.1, -0.05) is 42.0 Å². The number of halogens is 3. The monoisotopic (exact) mass is 432 g/mol. The zero-order valence-electron chi connectivity index (χ0n) is 17.5. The third kappa shape index (κ3) is 5.28. The zero-order valence-corrected chi connectivity index (χ0v) is 17.5. The maximum absolute atomic E-state index is 12.8. The Morgan fingerprint density at radius 1 is 1.16 bits per heavy atom. The van der Waals surface area contributed by atoms with E-state index in [0.29, 0.717) is 26.2 Å². The number of nitrogens with one attached hydrogen (secondary N) is 1. The smallest absolute Gasteiger partial charge is 0.379 e. The van der Waals surface area contributed by atoms with E-state index in [9.17, 15) is 18.0 Å². The number of morpholine rings is 1. The van der Waals surface area contributed by atoms with Crippen LogP contribution < -0.4 is 5.32 Å². The van der Waals surface area contributed by atoms with E-state index in [1.165, 1.54) is 17.7 Å². The van der Waals surface area contributed by atoms with Crippen LogP contribution in [0.1, 0.15) is 40.6 Å². The van der Waals surface area contributed by atoms with Crippen LogP contribution in [0, 0.1) is 12.8 Å². The van der Waals surface area contributed by atoms with Crippen molar-refractivity contribution in [3.63, 3.8) is 0 Å². The van der Waals surface area contributed by atoms with Gasteiger partial charge >= 0.3 is 6.18 Å². The molecule has 2 aromatic carbocycles. The highest BCUT2D eigenvalue weighted by Crippen LogP contribution is 2.48. The molecule has 4 nitrogen and oxygen atoms in total. The van der Waals surface area contributed by atoms with Crippen LogP contribution in [-0.4, -0.2) is 43.7 Å². The van der Waals surface area contributed by atoms with Crippen molar-refractivity contribution in [2.45, 2.75) is 31.5 Å². The maximum atomic E-state index is 12.8. The van der Waals surface area contributed by atoms with E-state index in [2.05, 4.69) is 35.3 Å². The molecule has 1 N–H and O–H groups in total. The number of ether oxygens (including phenoxy) is 1. The predicted molar refractivity (Wildman–Crippen MR) is 112 cm³/mol. The number of alkyl halides is 3. The van der Waals surface area contributed by atoms with Crippen molar-refractivity contribution in [1.82, 2.24) is 10.2 Å². The Kier molecular flexibility index (Phi) is 6.34. The fourth-order valence-electron chi connectivity index (χ4n) is 4.33. The van der Waals surface area contributed by atoms with Gasteiger partial charge in [0.25, 0.3) is 0 Å². The quantitative estimate of drug-likeness (QED) is 0.740.